The number of hydrogen-bond donors (Lipinski definition) is 1. The molecule has 0 rings (SSSR count). The molecule has 0 aliphatic rings. The van der Waals surface area contributed by atoms with Gasteiger partial charge in [0.05, 0.1) is 0 Å². The van der Waals surface area contributed by atoms with Gasteiger partial charge in [-0.15, -0.1) is 0 Å². The van der Waals surface area contributed by atoms with Crippen LogP contribution in [0.3, 0.4) is 0 Å². The highest BCUT2D eigenvalue weighted by Crippen LogP contribution is 2.07. The molecule has 0 bridgehead atoms. The van der Waals surface area contributed by atoms with Crippen LogP contribution in [0.25, 0.3) is 0 Å². The molecule has 12 heavy (non-hydrogen) atoms. The summed E-state index contributed by atoms with van der Waals surface area (Å²) in [7, 11) is 0. The van der Waals surface area contributed by atoms with Gasteiger partial charge in [0.2, 0.25) is 0 Å². The Labute approximate surface area is 73.0 Å². The zero-order valence-electron chi connectivity index (χ0n) is 7.83. The lowest BCUT2D eigenvalue weighted by molar-refractivity contribution is -0.146. The van der Waals surface area contributed by atoms with Crippen LogP contribution in [0.15, 0.2) is 12.2 Å². The summed E-state index contributed by atoms with van der Waals surface area (Å²) in [5, 5.41) is 8.74. The number of aliphatic hydroxyl groups is 1. The summed E-state index contributed by atoms with van der Waals surface area (Å²) in [5.74, 6) is -0.434. The fourth-order valence-electron chi connectivity index (χ4n) is 0.534. The maximum absolute atomic E-state index is 11.0. The first-order chi connectivity index (χ1) is 5.49. The molecule has 3 heteroatoms. The fourth-order valence-corrected chi connectivity index (χ4v) is 0.534. The molecule has 0 spiro atoms. The molecule has 70 valence electrons. The van der Waals surface area contributed by atoms with Crippen molar-refractivity contribution in [2.45, 2.75) is 26.9 Å². The SMILES string of the molecule is C=C(C)C(=O)OC(C)C(C)CO. The van der Waals surface area contributed by atoms with Gasteiger partial charge in [0.1, 0.15) is 6.10 Å². The Hall–Kier alpha value is -0.830. The predicted octanol–water partition coefficient (Wildman–Crippen LogP) is 1.12. The van der Waals surface area contributed by atoms with E-state index >= 15 is 0 Å². The average Bonchev–Trinajstić information content (AvgIpc) is 2.02. The van der Waals surface area contributed by atoms with Crippen LogP contribution >= 0.6 is 0 Å². The van der Waals surface area contributed by atoms with E-state index in [1.807, 2.05) is 6.92 Å². The Bertz CT molecular complexity index is 175. The Morgan fingerprint density at radius 3 is 2.42 bits per heavy atom. The van der Waals surface area contributed by atoms with E-state index in [0.717, 1.165) is 0 Å². The van der Waals surface area contributed by atoms with Crippen molar-refractivity contribution < 1.29 is 14.6 Å². The van der Waals surface area contributed by atoms with E-state index in [9.17, 15) is 4.79 Å². The summed E-state index contributed by atoms with van der Waals surface area (Å²) in [6.07, 6.45) is -0.265. The zero-order valence-corrected chi connectivity index (χ0v) is 7.83. The van der Waals surface area contributed by atoms with Gasteiger partial charge >= 0.3 is 5.97 Å². The topological polar surface area (TPSA) is 46.5 Å². The number of ether oxygens (including phenoxy) is 1. The summed E-state index contributed by atoms with van der Waals surface area (Å²) < 4.78 is 4.97. The first-order valence-corrected chi connectivity index (χ1v) is 3.96. The van der Waals surface area contributed by atoms with Crippen LogP contribution in [0.5, 0.6) is 0 Å². The second-order valence-electron chi connectivity index (χ2n) is 3.05. The van der Waals surface area contributed by atoms with Gasteiger partial charge in [0, 0.05) is 18.1 Å². The summed E-state index contributed by atoms with van der Waals surface area (Å²) in [5.41, 5.74) is 0.381. The van der Waals surface area contributed by atoms with Gasteiger partial charge < -0.3 is 9.84 Å². The monoisotopic (exact) mass is 172 g/mol. The number of hydrogen-bond acceptors (Lipinski definition) is 3. The molecule has 0 aromatic carbocycles. The minimum atomic E-state index is -0.400. The van der Waals surface area contributed by atoms with E-state index in [0.29, 0.717) is 5.57 Å². The van der Waals surface area contributed by atoms with E-state index in [1.165, 1.54) is 0 Å². The number of carbonyl (C=O) groups is 1. The molecule has 3 nitrogen and oxygen atoms in total. The van der Waals surface area contributed by atoms with Gasteiger partial charge in [0.25, 0.3) is 0 Å². The van der Waals surface area contributed by atoms with Crippen LogP contribution in [-0.2, 0) is 9.53 Å². The Morgan fingerprint density at radius 1 is 1.58 bits per heavy atom. The van der Waals surface area contributed by atoms with Crippen LogP contribution in [0, 0.1) is 5.92 Å². The van der Waals surface area contributed by atoms with E-state index < -0.39 is 5.97 Å². The second kappa shape index (κ2) is 4.93. The number of aliphatic hydroxyl groups excluding tert-OH is 1. The molecule has 1 N–H and O–H groups in total. The molecular formula is C9H16O3. The third kappa shape index (κ3) is 3.53. The lowest BCUT2D eigenvalue weighted by Gasteiger charge is -2.18. The highest BCUT2D eigenvalue weighted by molar-refractivity contribution is 5.87. The summed E-state index contributed by atoms with van der Waals surface area (Å²) in [4.78, 5) is 11.0. The van der Waals surface area contributed by atoms with E-state index in [-0.39, 0.29) is 18.6 Å². The van der Waals surface area contributed by atoms with Crippen LogP contribution in [0.4, 0.5) is 0 Å². The van der Waals surface area contributed by atoms with Gasteiger partial charge in [0.15, 0.2) is 0 Å². The summed E-state index contributed by atoms with van der Waals surface area (Å²) >= 11 is 0. The molecule has 0 saturated carbocycles. The number of esters is 1. The van der Waals surface area contributed by atoms with Gasteiger partial charge in [-0.05, 0) is 13.8 Å². The van der Waals surface area contributed by atoms with Crippen molar-refractivity contribution in [3.8, 4) is 0 Å². The maximum Gasteiger partial charge on any atom is 0.333 e. The van der Waals surface area contributed by atoms with Gasteiger partial charge in [-0.25, -0.2) is 4.79 Å². The van der Waals surface area contributed by atoms with Gasteiger partial charge in [-0.2, -0.15) is 0 Å². The molecule has 0 amide bonds. The minimum absolute atomic E-state index is 0.0185. The standard InChI is InChI=1S/C9H16O3/c1-6(2)9(11)12-8(4)7(3)5-10/h7-8,10H,1,5H2,2-4H3. The minimum Gasteiger partial charge on any atom is -0.459 e. The molecule has 0 aliphatic carbocycles. The van der Waals surface area contributed by atoms with Crippen molar-refractivity contribution in [1.82, 2.24) is 0 Å². The Morgan fingerprint density at radius 2 is 2.08 bits per heavy atom. The third-order valence-corrected chi connectivity index (χ3v) is 1.73. The van der Waals surface area contributed by atoms with Crippen molar-refractivity contribution in [3.63, 3.8) is 0 Å². The van der Waals surface area contributed by atoms with Crippen LogP contribution < -0.4 is 0 Å². The highest BCUT2D eigenvalue weighted by atomic mass is 16.5. The molecule has 0 aromatic heterocycles. The smallest absolute Gasteiger partial charge is 0.333 e. The molecule has 2 atom stereocenters. The third-order valence-electron chi connectivity index (χ3n) is 1.73. The quantitative estimate of drug-likeness (QED) is 0.510. The average molecular weight is 172 g/mol. The van der Waals surface area contributed by atoms with Gasteiger partial charge in [-0.1, -0.05) is 13.5 Å². The molecular weight excluding hydrogens is 156 g/mol. The molecule has 0 saturated heterocycles. The van der Waals surface area contributed by atoms with E-state index in [2.05, 4.69) is 6.58 Å². The second-order valence-corrected chi connectivity index (χ2v) is 3.05. The van der Waals surface area contributed by atoms with Crippen LogP contribution in [-0.4, -0.2) is 23.8 Å². The van der Waals surface area contributed by atoms with Crippen LogP contribution in [0.2, 0.25) is 0 Å². The van der Waals surface area contributed by atoms with Gasteiger partial charge in [-0.3, -0.25) is 0 Å². The molecule has 0 aliphatic heterocycles. The first kappa shape index (κ1) is 11.2. The first-order valence-electron chi connectivity index (χ1n) is 3.96. The number of rotatable bonds is 4. The largest absolute Gasteiger partial charge is 0.459 e. The zero-order chi connectivity index (χ0) is 9.72. The lowest BCUT2D eigenvalue weighted by Crippen LogP contribution is -2.24. The van der Waals surface area contributed by atoms with Crippen molar-refractivity contribution in [2.75, 3.05) is 6.61 Å². The van der Waals surface area contributed by atoms with Crippen LogP contribution in [0.1, 0.15) is 20.8 Å². The van der Waals surface area contributed by atoms with Crippen molar-refractivity contribution in [3.05, 3.63) is 12.2 Å². The lowest BCUT2D eigenvalue weighted by atomic mass is 10.1. The predicted molar refractivity (Wildman–Crippen MR) is 46.6 cm³/mol. The number of carbonyl (C=O) groups excluding carboxylic acids is 1. The summed E-state index contributed by atoms with van der Waals surface area (Å²) in [6, 6.07) is 0. The van der Waals surface area contributed by atoms with Crippen molar-refractivity contribution in [2.24, 2.45) is 5.92 Å². The van der Waals surface area contributed by atoms with Crippen molar-refractivity contribution in [1.29, 1.82) is 0 Å². The highest BCUT2D eigenvalue weighted by Gasteiger charge is 2.15. The Balaban J connectivity index is 3.92. The maximum atomic E-state index is 11.0. The molecule has 0 aromatic rings. The molecule has 0 fully saturated rings. The van der Waals surface area contributed by atoms with E-state index in [4.69, 9.17) is 9.84 Å². The summed E-state index contributed by atoms with van der Waals surface area (Å²) in [6.45, 7) is 8.64. The van der Waals surface area contributed by atoms with E-state index in [1.54, 1.807) is 13.8 Å². The molecule has 2 unspecified atom stereocenters. The fraction of sp³-hybridized carbons (Fsp3) is 0.667. The van der Waals surface area contributed by atoms with Crippen molar-refractivity contribution >= 4 is 5.97 Å². The Kier molecular flexibility index (Phi) is 4.59. The molecule has 0 radical (unpaired) electrons. The molecule has 0 heterocycles. The normalized spacial score (nSPS) is 15.0.